The van der Waals surface area contributed by atoms with Gasteiger partial charge in [0.05, 0.1) is 5.75 Å². The van der Waals surface area contributed by atoms with Gasteiger partial charge in [-0.1, -0.05) is 25.1 Å². The van der Waals surface area contributed by atoms with Crippen LogP contribution in [0.15, 0.2) is 30.3 Å². The van der Waals surface area contributed by atoms with Gasteiger partial charge in [0.25, 0.3) is 5.91 Å². The molecule has 114 valence electrons. The number of halogens is 1. The average molecular weight is 314 g/mol. The van der Waals surface area contributed by atoms with Crippen LogP contribution in [-0.4, -0.2) is 43.6 Å². The number of hydrogen-bond donors (Lipinski definition) is 0. The highest BCUT2D eigenvalue weighted by atomic mass is 32.3. The van der Waals surface area contributed by atoms with Crippen LogP contribution in [0.25, 0.3) is 0 Å². The summed E-state index contributed by atoms with van der Waals surface area (Å²) in [7, 11) is -4.73. The molecule has 8 heteroatoms. The van der Waals surface area contributed by atoms with E-state index in [0.29, 0.717) is 12.1 Å². The van der Waals surface area contributed by atoms with E-state index in [1.807, 2.05) is 0 Å². The molecule has 1 atom stereocenters. The Morgan fingerprint density at radius 2 is 1.81 bits per heavy atom. The zero-order chi connectivity index (χ0) is 15.6. The molecule has 3 amide bonds. The molecule has 1 aromatic rings. The van der Waals surface area contributed by atoms with Crippen molar-refractivity contribution in [2.45, 2.75) is 19.4 Å². The van der Waals surface area contributed by atoms with Gasteiger partial charge in [0, 0.05) is 12.2 Å². The fourth-order valence-corrected chi connectivity index (χ4v) is 2.69. The number of amides is 3. The highest BCUT2D eigenvalue weighted by molar-refractivity contribution is 7.86. The normalized spacial score (nSPS) is 19.4. The van der Waals surface area contributed by atoms with Gasteiger partial charge >= 0.3 is 16.3 Å². The topological polar surface area (TPSA) is 74.8 Å². The fraction of sp³-hybridized carbons (Fsp3) is 0.385. The van der Waals surface area contributed by atoms with Crippen LogP contribution in [0.3, 0.4) is 0 Å². The first-order valence-corrected chi connectivity index (χ1v) is 8.02. The maximum Gasteiger partial charge on any atom is 0.332 e. The summed E-state index contributed by atoms with van der Waals surface area (Å²) in [4.78, 5) is 26.6. The predicted molar refractivity (Wildman–Crippen MR) is 75.0 cm³/mol. The highest BCUT2D eigenvalue weighted by Crippen LogP contribution is 2.27. The van der Waals surface area contributed by atoms with E-state index in [9.17, 15) is 21.9 Å². The van der Waals surface area contributed by atoms with E-state index in [1.54, 1.807) is 37.3 Å². The molecule has 21 heavy (non-hydrogen) atoms. The van der Waals surface area contributed by atoms with E-state index in [0.717, 1.165) is 4.90 Å². The van der Waals surface area contributed by atoms with E-state index >= 15 is 0 Å². The molecule has 1 aliphatic heterocycles. The Balaban J connectivity index is 2.27. The third kappa shape index (κ3) is 3.21. The number of benzene rings is 1. The molecule has 0 aliphatic carbocycles. The molecule has 0 N–H and O–H groups in total. The molecule has 1 aromatic carbocycles. The Morgan fingerprint density at radius 3 is 2.33 bits per heavy atom. The molecule has 0 radical (unpaired) electrons. The molecular formula is C13H15FN2O4S. The largest absolute Gasteiger partial charge is 0.332 e. The second-order valence-electron chi connectivity index (χ2n) is 4.65. The number of imide groups is 1. The van der Waals surface area contributed by atoms with Crippen LogP contribution in [0.2, 0.25) is 0 Å². The summed E-state index contributed by atoms with van der Waals surface area (Å²) in [5, 5.41) is 0. The molecule has 0 aromatic heterocycles. The van der Waals surface area contributed by atoms with E-state index < -0.39 is 40.5 Å². The van der Waals surface area contributed by atoms with Crippen molar-refractivity contribution in [1.82, 2.24) is 4.90 Å². The van der Waals surface area contributed by atoms with Gasteiger partial charge in [0.2, 0.25) is 0 Å². The lowest BCUT2D eigenvalue weighted by molar-refractivity contribution is -0.127. The maximum atomic E-state index is 12.6. The monoisotopic (exact) mass is 314 g/mol. The zero-order valence-corrected chi connectivity index (χ0v) is 12.2. The number of anilines is 1. The van der Waals surface area contributed by atoms with Crippen LogP contribution in [-0.2, 0) is 15.0 Å². The Labute approximate surface area is 122 Å². The first-order chi connectivity index (χ1) is 9.85. The lowest BCUT2D eigenvalue weighted by Gasteiger charge is -2.20. The van der Waals surface area contributed by atoms with Gasteiger partial charge in [-0.25, -0.2) is 4.79 Å². The minimum absolute atomic E-state index is 0.387. The third-order valence-electron chi connectivity index (χ3n) is 3.28. The third-order valence-corrected chi connectivity index (χ3v) is 3.95. The van der Waals surface area contributed by atoms with Gasteiger partial charge in [-0.2, -0.15) is 8.42 Å². The second kappa shape index (κ2) is 5.80. The molecule has 1 aliphatic rings. The number of rotatable bonds is 5. The zero-order valence-electron chi connectivity index (χ0n) is 11.4. The number of urea groups is 1. The average Bonchev–Trinajstić information content (AvgIpc) is 2.67. The quantitative estimate of drug-likeness (QED) is 0.610. The van der Waals surface area contributed by atoms with Crippen molar-refractivity contribution < 1.29 is 21.9 Å². The standard InChI is InChI=1S/C13H15FN2O4S/c1-2-11-12(17)15(8-9-21(14,19)20)13(18)16(11)10-6-4-3-5-7-10/h3-7,11H,2,8-9H2,1H3/t11-/m1/s1. The van der Waals surface area contributed by atoms with Crippen LogP contribution >= 0.6 is 0 Å². The first-order valence-electron chi connectivity index (χ1n) is 6.47. The van der Waals surface area contributed by atoms with Gasteiger partial charge in [-0.15, -0.1) is 3.89 Å². The second-order valence-corrected chi connectivity index (χ2v) is 6.13. The van der Waals surface area contributed by atoms with Crippen LogP contribution in [0.5, 0.6) is 0 Å². The lowest BCUT2D eigenvalue weighted by Crippen LogP contribution is -2.36. The van der Waals surface area contributed by atoms with E-state index in [1.165, 1.54) is 4.90 Å². The molecule has 1 saturated heterocycles. The van der Waals surface area contributed by atoms with Crippen molar-refractivity contribution in [1.29, 1.82) is 0 Å². The van der Waals surface area contributed by atoms with Gasteiger partial charge in [-0.3, -0.25) is 14.6 Å². The summed E-state index contributed by atoms with van der Waals surface area (Å²) in [5.41, 5.74) is 0.549. The van der Waals surface area contributed by atoms with Crippen LogP contribution in [0.4, 0.5) is 14.4 Å². The van der Waals surface area contributed by atoms with Crippen molar-refractivity contribution in [3.05, 3.63) is 30.3 Å². The minimum Gasteiger partial charge on any atom is -0.281 e. The minimum atomic E-state index is -4.73. The molecule has 1 fully saturated rings. The van der Waals surface area contributed by atoms with Gasteiger partial charge in [-0.05, 0) is 18.6 Å². The summed E-state index contributed by atoms with van der Waals surface area (Å²) in [6.07, 6.45) is 0.387. The Kier molecular flexibility index (Phi) is 4.26. The number of carbonyl (C=O) groups excluding carboxylic acids is 2. The summed E-state index contributed by atoms with van der Waals surface area (Å²) in [5.74, 6) is -1.39. The smallest absolute Gasteiger partial charge is 0.281 e. The summed E-state index contributed by atoms with van der Waals surface area (Å²) in [6.45, 7) is 1.28. The summed E-state index contributed by atoms with van der Waals surface area (Å²) >= 11 is 0. The van der Waals surface area contributed by atoms with Gasteiger partial charge in [0.1, 0.15) is 6.04 Å². The summed E-state index contributed by atoms with van der Waals surface area (Å²) < 4.78 is 33.8. The molecule has 1 heterocycles. The fourth-order valence-electron chi connectivity index (χ4n) is 2.29. The van der Waals surface area contributed by atoms with Crippen molar-refractivity contribution >= 4 is 27.8 Å². The van der Waals surface area contributed by atoms with E-state index in [2.05, 4.69) is 0 Å². The maximum absolute atomic E-state index is 12.6. The first kappa shape index (κ1) is 15.4. The van der Waals surface area contributed by atoms with Crippen molar-refractivity contribution in [3.63, 3.8) is 0 Å². The van der Waals surface area contributed by atoms with Crippen LogP contribution in [0, 0.1) is 0 Å². The molecular weight excluding hydrogens is 299 g/mol. The van der Waals surface area contributed by atoms with E-state index in [4.69, 9.17) is 0 Å². The number of hydrogen-bond acceptors (Lipinski definition) is 4. The summed E-state index contributed by atoms with van der Waals surface area (Å²) in [6, 6.07) is 7.29. The molecule has 0 bridgehead atoms. The Morgan fingerprint density at radius 1 is 1.19 bits per heavy atom. The van der Waals surface area contributed by atoms with Gasteiger partial charge < -0.3 is 0 Å². The van der Waals surface area contributed by atoms with Crippen molar-refractivity contribution in [2.75, 3.05) is 17.2 Å². The van der Waals surface area contributed by atoms with E-state index in [-0.39, 0.29) is 0 Å². The van der Waals surface area contributed by atoms with Gasteiger partial charge in [0.15, 0.2) is 0 Å². The Hall–Kier alpha value is -1.96. The Bertz CT molecular complexity index is 647. The van der Waals surface area contributed by atoms with Crippen molar-refractivity contribution in [2.24, 2.45) is 0 Å². The predicted octanol–water partition coefficient (Wildman–Crippen LogP) is 1.53. The molecule has 0 saturated carbocycles. The number of carbonyl (C=O) groups is 2. The van der Waals surface area contributed by atoms with Crippen LogP contribution in [0.1, 0.15) is 13.3 Å². The van der Waals surface area contributed by atoms with Crippen molar-refractivity contribution in [3.8, 4) is 0 Å². The molecule has 0 spiro atoms. The molecule has 2 rings (SSSR count). The number of nitrogens with zero attached hydrogens (tertiary/aromatic N) is 2. The highest BCUT2D eigenvalue weighted by Gasteiger charge is 2.44. The van der Waals surface area contributed by atoms with Crippen LogP contribution < -0.4 is 4.90 Å². The lowest BCUT2D eigenvalue weighted by atomic mass is 10.2. The molecule has 6 nitrogen and oxygen atoms in total. The SMILES string of the molecule is CC[C@@H]1C(=O)N(CCS(=O)(=O)F)C(=O)N1c1ccccc1. The number of para-hydroxylation sites is 1. The molecule has 0 unspecified atom stereocenters.